The Kier molecular flexibility index (Phi) is 3.44. The van der Waals surface area contributed by atoms with Crippen molar-refractivity contribution in [1.29, 1.82) is 0 Å². The van der Waals surface area contributed by atoms with Gasteiger partial charge in [0.1, 0.15) is 0 Å². The van der Waals surface area contributed by atoms with Crippen molar-refractivity contribution in [3.05, 3.63) is 59.1 Å². The van der Waals surface area contributed by atoms with Crippen LogP contribution in [0.5, 0.6) is 0 Å². The number of aromatic nitrogens is 1. The van der Waals surface area contributed by atoms with Gasteiger partial charge in [-0.1, -0.05) is 18.2 Å². The summed E-state index contributed by atoms with van der Waals surface area (Å²) in [6, 6.07) is 10.1. The van der Waals surface area contributed by atoms with E-state index in [-0.39, 0.29) is 4.90 Å². The Morgan fingerprint density at radius 3 is 2.42 bits per heavy atom. The largest absolute Gasteiger partial charge is 0.618 e. The summed E-state index contributed by atoms with van der Waals surface area (Å²) < 4.78 is 27.4. The van der Waals surface area contributed by atoms with E-state index < -0.39 is 10.0 Å². The van der Waals surface area contributed by atoms with Gasteiger partial charge in [-0.15, -0.1) is 0 Å². The highest BCUT2D eigenvalue weighted by Crippen LogP contribution is 2.18. The van der Waals surface area contributed by atoms with Crippen molar-refractivity contribution in [3.63, 3.8) is 0 Å². The van der Waals surface area contributed by atoms with E-state index in [1.54, 1.807) is 50.2 Å². The first-order valence-electron chi connectivity index (χ1n) is 5.68. The Bertz CT molecular complexity index is 697. The van der Waals surface area contributed by atoms with Crippen LogP contribution in [-0.2, 0) is 10.0 Å². The van der Waals surface area contributed by atoms with Crippen LogP contribution in [0.1, 0.15) is 11.3 Å². The van der Waals surface area contributed by atoms with Crippen molar-refractivity contribution < 1.29 is 13.1 Å². The lowest BCUT2D eigenvalue weighted by Crippen LogP contribution is -2.32. The third-order valence-electron chi connectivity index (χ3n) is 2.71. The molecule has 2 aromatic rings. The van der Waals surface area contributed by atoms with Gasteiger partial charge in [0.05, 0.1) is 0 Å². The van der Waals surface area contributed by atoms with Crippen LogP contribution in [0, 0.1) is 19.1 Å². The second-order valence-electron chi connectivity index (χ2n) is 4.26. The molecule has 0 aliphatic heterocycles. The molecule has 0 bridgehead atoms. The minimum atomic E-state index is -3.75. The Morgan fingerprint density at radius 2 is 1.79 bits per heavy atom. The van der Waals surface area contributed by atoms with Crippen molar-refractivity contribution in [2.24, 2.45) is 0 Å². The molecule has 19 heavy (non-hydrogen) atoms. The highest BCUT2D eigenvalue weighted by Gasteiger charge is 2.21. The molecule has 1 N–H and O–H groups in total. The summed E-state index contributed by atoms with van der Waals surface area (Å²) >= 11 is 0. The number of hydrogen-bond acceptors (Lipinski definition) is 3. The molecule has 0 aliphatic rings. The van der Waals surface area contributed by atoms with Crippen LogP contribution in [0.25, 0.3) is 0 Å². The Balaban J connectivity index is 2.43. The van der Waals surface area contributed by atoms with E-state index >= 15 is 0 Å². The lowest BCUT2D eigenvalue weighted by molar-refractivity contribution is -0.614. The van der Waals surface area contributed by atoms with Crippen molar-refractivity contribution >= 4 is 15.7 Å². The highest BCUT2D eigenvalue weighted by atomic mass is 32.2. The molecule has 2 rings (SSSR count). The molecule has 0 fully saturated rings. The van der Waals surface area contributed by atoms with E-state index in [0.29, 0.717) is 21.7 Å². The lowest BCUT2D eigenvalue weighted by atomic mass is 10.2. The summed E-state index contributed by atoms with van der Waals surface area (Å²) in [6.45, 7) is 3.29. The van der Waals surface area contributed by atoms with Gasteiger partial charge in [0.15, 0.2) is 10.6 Å². The maximum Gasteiger partial charge on any atom is 0.268 e. The average molecular weight is 278 g/mol. The number of pyridine rings is 1. The fourth-order valence-electron chi connectivity index (χ4n) is 1.76. The molecule has 5 nitrogen and oxygen atoms in total. The molecule has 0 amide bonds. The summed E-state index contributed by atoms with van der Waals surface area (Å²) in [4.78, 5) is -0.0167. The van der Waals surface area contributed by atoms with Crippen LogP contribution in [0.4, 0.5) is 5.69 Å². The zero-order chi connectivity index (χ0) is 14.0. The van der Waals surface area contributed by atoms with Crippen LogP contribution >= 0.6 is 0 Å². The number of aryl methyl sites for hydroxylation is 2. The summed E-state index contributed by atoms with van der Waals surface area (Å²) in [5, 5.41) is 11.5. The van der Waals surface area contributed by atoms with Gasteiger partial charge in [-0.25, -0.2) is 8.42 Å². The van der Waals surface area contributed by atoms with E-state index in [1.165, 1.54) is 0 Å². The van der Waals surface area contributed by atoms with Crippen LogP contribution in [-0.4, -0.2) is 8.42 Å². The van der Waals surface area contributed by atoms with Gasteiger partial charge in [0, 0.05) is 18.7 Å². The molecule has 0 unspecified atom stereocenters. The maximum atomic E-state index is 12.2. The summed E-state index contributed by atoms with van der Waals surface area (Å²) in [7, 11) is -3.75. The van der Waals surface area contributed by atoms with Crippen LogP contribution in [0.2, 0.25) is 0 Å². The molecule has 1 aromatic carbocycles. The second-order valence-corrected chi connectivity index (χ2v) is 5.91. The zero-order valence-electron chi connectivity index (χ0n) is 10.6. The maximum absolute atomic E-state index is 12.2. The lowest BCUT2D eigenvalue weighted by Gasteiger charge is -2.10. The molecule has 1 heterocycles. The number of hydrogen-bond donors (Lipinski definition) is 1. The molecule has 0 aliphatic carbocycles. The molecular weight excluding hydrogens is 264 g/mol. The van der Waals surface area contributed by atoms with Crippen LogP contribution in [0.15, 0.2) is 47.5 Å². The molecule has 0 radical (unpaired) electrons. The number of benzene rings is 1. The van der Waals surface area contributed by atoms with E-state index in [1.807, 2.05) is 0 Å². The molecule has 0 saturated heterocycles. The molecule has 0 spiro atoms. The van der Waals surface area contributed by atoms with Gasteiger partial charge in [-0.2, -0.15) is 4.73 Å². The number of nitrogens with zero attached hydrogens (tertiary/aromatic N) is 1. The topological polar surface area (TPSA) is 73.1 Å². The third kappa shape index (κ3) is 2.85. The minimum absolute atomic E-state index is 0.0167. The minimum Gasteiger partial charge on any atom is -0.618 e. The van der Waals surface area contributed by atoms with E-state index in [9.17, 15) is 13.6 Å². The summed E-state index contributed by atoms with van der Waals surface area (Å²) in [6.07, 6.45) is 1.08. The number of para-hydroxylation sites is 1. The van der Waals surface area contributed by atoms with Gasteiger partial charge in [0.2, 0.25) is 6.20 Å². The molecular formula is C13H14N2O3S. The smallest absolute Gasteiger partial charge is 0.268 e. The quantitative estimate of drug-likeness (QED) is 0.686. The van der Waals surface area contributed by atoms with Crippen LogP contribution < -0.4 is 9.45 Å². The van der Waals surface area contributed by atoms with E-state index in [0.717, 1.165) is 6.20 Å². The third-order valence-corrected chi connectivity index (χ3v) is 4.22. The Morgan fingerprint density at radius 1 is 1.16 bits per heavy atom. The number of rotatable bonds is 3. The molecule has 0 saturated carbocycles. The first-order chi connectivity index (χ1) is 8.90. The van der Waals surface area contributed by atoms with E-state index in [2.05, 4.69) is 4.72 Å². The molecule has 1 aromatic heterocycles. The Hall–Kier alpha value is -2.08. The average Bonchev–Trinajstić information content (AvgIpc) is 2.34. The standard InChI is InChI=1S/C13H14N2O3S/c1-10-8-11(2)15(16)9-13(10)19(17,18)14-12-6-4-3-5-7-12/h3-9,14H,1-2H3. The zero-order valence-corrected chi connectivity index (χ0v) is 11.4. The number of anilines is 1. The van der Waals surface area contributed by atoms with Gasteiger partial charge < -0.3 is 5.21 Å². The van der Waals surface area contributed by atoms with Gasteiger partial charge in [0.25, 0.3) is 10.0 Å². The van der Waals surface area contributed by atoms with Crippen molar-refractivity contribution in [1.82, 2.24) is 0 Å². The first kappa shape index (κ1) is 13.4. The van der Waals surface area contributed by atoms with Gasteiger partial charge >= 0.3 is 0 Å². The first-order valence-corrected chi connectivity index (χ1v) is 7.17. The molecule has 100 valence electrons. The van der Waals surface area contributed by atoms with Gasteiger partial charge in [-0.3, -0.25) is 4.72 Å². The fourth-order valence-corrected chi connectivity index (χ4v) is 3.03. The van der Waals surface area contributed by atoms with Crippen molar-refractivity contribution in [2.75, 3.05) is 4.72 Å². The molecule has 6 heteroatoms. The Labute approximate surface area is 112 Å². The monoisotopic (exact) mass is 278 g/mol. The fraction of sp³-hybridized carbons (Fsp3) is 0.154. The van der Waals surface area contributed by atoms with Crippen molar-refractivity contribution in [3.8, 4) is 0 Å². The van der Waals surface area contributed by atoms with Crippen LogP contribution in [0.3, 0.4) is 0 Å². The summed E-state index contributed by atoms with van der Waals surface area (Å²) in [5.74, 6) is 0. The second kappa shape index (κ2) is 4.89. The van der Waals surface area contributed by atoms with Crippen molar-refractivity contribution in [2.45, 2.75) is 18.7 Å². The van der Waals surface area contributed by atoms with Gasteiger partial charge in [-0.05, 0) is 24.6 Å². The van der Waals surface area contributed by atoms with E-state index in [4.69, 9.17) is 0 Å². The highest BCUT2D eigenvalue weighted by molar-refractivity contribution is 7.92. The summed E-state index contributed by atoms with van der Waals surface area (Å²) in [5.41, 5.74) is 1.45. The predicted molar refractivity (Wildman–Crippen MR) is 72.1 cm³/mol. The number of nitrogens with one attached hydrogen (secondary N) is 1. The SMILES string of the molecule is Cc1cc(C)[n+]([O-])cc1S(=O)(=O)Nc1ccccc1. The predicted octanol–water partition coefficient (Wildman–Crippen LogP) is 1.74. The molecule has 0 atom stereocenters. The normalized spacial score (nSPS) is 11.3. The number of sulfonamides is 1.